The number of carbonyl (C=O) groups excluding carboxylic acids is 2. The number of rotatable bonds is 3. The summed E-state index contributed by atoms with van der Waals surface area (Å²) >= 11 is 36.6. The van der Waals surface area contributed by atoms with E-state index in [1.165, 1.54) is 50.2 Å². The van der Waals surface area contributed by atoms with E-state index in [0.29, 0.717) is 24.5 Å². The lowest BCUT2D eigenvalue weighted by atomic mass is 10.2. The molecular formula is C27H36Br2Cl6N6O8. The molecular weight excluding hydrogens is 909 g/mol. The Morgan fingerprint density at radius 1 is 0.898 bits per heavy atom. The standard InChI is InChI=1S/C11H12BrN3O3.C6H5BrN2O2.C4H9N.C3Cl6O3.C2H6.CH4/c12-8-3-4-10(15(17)18)9(7-8)13-11(16)14-5-1-2-6-14;7-4-1-2-6(9(10)11)5(8)3-4;1-2-4-5-3-1;4-2(5,6)11-1(10)12-3(7,8)9;1-2;/h3-4,7H,1-2,5-6H2,(H,13,16);1-3H,8H2;5H,1-4H2;;1-2H3;1H4/i;;;;1D;. The molecule has 0 saturated carbocycles. The molecule has 0 unspecified atom stereocenters. The number of amides is 2. The predicted octanol–water partition coefficient (Wildman–Crippen LogP) is 10.8. The Balaban J connectivity index is 0. The molecule has 0 aromatic heterocycles. The number of nitrogens with two attached hydrogens (primary N) is 1. The molecule has 0 bridgehead atoms. The minimum absolute atomic E-state index is 0. The normalized spacial score (nSPS) is 13.4. The molecule has 0 atom stereocenters. The number of anilines is 2. The number of benzene rings is 2. The Hall–Kier alpha value is -1.76. The Morgan fingerprint density at radius 3 is 1.69 bits per heavy atom. The highest BCUT2D eigenvalue weighted by atomic mass is 79.9. The predicted molar refractivity (Wildman–Crippen MR) is 204 cm³/mol. The van der Waals surface area contributed by atoms with Crippen molar-refractivity contribution in [2.45, 2.75) is 54.9 Å². The van der Waals surface area contributed by atoms with Gasteiger partial charge in [0, 0.05) is 35.5 Å². The summed E-state index contributed by atoms with van der Waals surface area (Å²) in [5, 5.41) is 26.9. The SMILES string of the molecule is C.C1CCNC1.Nc1cc(Br)ccc1[N+](=O)[O-].O=C(Nc1cc(Br)ccc1[N+](=O)[O-])N1CCCC1.O=C(OC(Cl)(Cl)Cl)OC(Cl)(Cl)Cl.[2H]CC. The number of nitro benzene ring substituents is 2. The maximum atomic E-state index is 11.9. The number of nitro groups is 2. The Labute approximate surface area is 332 Å². The van der Waals surface area contributed by atoms with E-state index in [2.05, 4.69) is 52.0 Å². The lowest BCUT2D eigenvalue weighted by Gasteiger charge is -2.16. The third kappa shape index (κ3) is 23.4. The number of alkyl halides is 6. The van der Waals surface area contributed by atoms with Crippen molar-refractivity contribution in [1.29, 1.82) is 0 Å². The Kier molecular flexibility index (Phi) is 24.3. The van der Waals surface area contributed by atoms with Gasteiger partial charge in [-0.1, -0.05) is 53.1 Å². The largest absolute Gasteiger partial charge is 0.515 e. The van der Waals surface area contributed by atoms with Gasteiger partial charge in [0.2, 0.25) is 0 Å². The summed E-state index contributed by atoms with van der Waals surface area (Å²) in [4.78, 5) is 44.1. The number of hydrogen-bond acceptors (Lipinski definition) is 10. The average Bonchev–Trinajstić information content (AvgIpc) is 3.70. The number of halogens is 8. The molecule has 4 N–H and O–H groups in total. The van der Waals surface area contributed by atoms with Crippen molar-refractivity contribution in [2.75, 3.05) is 37.2 Å². The number of nitrogens with zero attached hydrogens (tertiary/aromatic N) is 3. The number of hydrogen-bond donors (Lipinski definition) is 3. The quantitative estimate of drug-likeness (QED) is 0.0877. The van der Waals surface area contributed by atoms with Crippen LogP contribution in [0.15, 0.2) is 45.3 Å². The number of carbonyl (C=O) groups is 2. The fourth-order valence-electron chi connectivity index (χ4n) is 3.41. The zero-order valence-corrected chi connectivity index (χ0v) is 32.7. The summed E-state index contributed by atoms with van der Waals surface area (Å²) in [6.07, 6.45) is 3.33. The Morgan fingerprint density at radius 2 is 1.33 bits per heavy atom. The van der Waals surface area contributed by atoms with Gasteiger partial charge < -0.3 is 30.7 Å². The van der Waals surface area contributed by atoms with Crippen LogP contribution in [0.2, 0.25) is 0 Å². The summed E-state index contributed by atoms with van der Waals surface area (Å²) in [7, 11) is 0. The van der Waals surface area contributed by atoms with E-state index >= 15 is 0 Å². The third-order valence-corrected chi connectivity index (χ3v) is 6.78. The van der Waals surface area contributed by atoms with Crippen molar-refractivity contribution in [3.63, 3.8) is 0 Å². The van der Waals surface area contributed by atoms with Crippen LogP contribution in [-0.4, -0.2) is 61.1 Å². The first-order valence-corrected chi connectivity index (χ1v) is 17.3. The van der Waals surface area contributed by atoms with E-state index in [1.54, 1.807) is 24.0 Å². The monoisotopic (exact) mass is 941 g/mol. The maximum absolute atomic E-state index is 11.9. The van der Waals surface area contributed by atoms with Crippen LogP contribution < -0.4 is 16.4 Å². The number of likely N-dealkylation sites (tertiary alicyclic amines) is 1. The van der Waals surface area contributed by atoms with E-state index in [9.17, 15) is 29.8 Å². The molecule has 22 heteroatoms. The van der Waals surface area contributed by atoms with Gasteiger partial charge in [-0.2, -0.15) is 0 Å². The van der Waals surface area contributed by atoms with Crippen molar-refractivity contribution in [3.05, 3.63) is 65.6 Å². The van der Waals surface area contributed by atoms with Gasteiger partial charge in [-0.25, -0.2) is 9.59 Å². The molecule has 0 aliphatic carbocycles. The Bertz CT molecular complexity index is 1340. The van der Waals surface area contributed by atoms with Crippen LogP contribution in [0, 0.1) is 20.2 Å². The minimum Gasteiger partial charge on any atom is -0.393 e. The second kappa shape index (κ2) is 25.2. The van der Waals surface area contributed by atoms with E-state index in [0.717, 1.165) is 17.3 Å². The molecule has 2 aliphatic heterocycles. The van der Waals surface area contributed by atoms with Gasteiger partial charge in [-0.05, 0) is 133 Å². The first-order valence-electron chi connectivity index (χ1n) is 14.2. The zero-order chi connectivity index (χ0) is 37.8. The molecule has 0 spiro atoms. The van der Waals surface area contributed by atoms with Crippen LogP contribution in [0.1, 0.15) is 48.3 Å². The maximum Gasteiger partial charge on any atom is 0.515 e. The molecule has 2 aromatic carbocycles. The van der Waals surface area contributed by atoms with Crippen LogP contribution in [0.5, 0.6) is 0 Å². The van der Waals surface area contributed by atoms with Crippen LogP contribution in [-0.2, 0) is 9.47 Å². The molecule has 2 amide bonds. The van der Waals surface area contributed by atoms with Gasteiger partial charge in [-0.3, -0.25) is 20.2 Å². The van der Waals surface area contributed by atoms with Gasteiger partial charge in [0.25, 0.3) is 11.4 Å². The molecule has 14 nitrogen and oxygen atoms in total. The molecule has 4 rings (SSSR count). The lowest BCUT2D eigenvalue weighted by molar-refractivity contribution is -0.384. The third-order valence-electron chi connectivity index (χ3n) is 5.33. The van der Waals surface area contributed by atoms with Gasteiger partial charge in [0.05, 0.1) is 9.85 Å². The summed E-state index contributed by atoms with van der Waals surface area (Å²) in [6.45, 7) is 6.20. The minimum atomic E-state index is -2.24. The molecule has 2 fully saturated rings. The average molecular weight is 946 g/mol. The molecule has 278 valence electrons. The van der Waals surface area contributed by atoms with Gasteiger partial charge >= 0.3 is 20.1 Å². The van der Waals surface area contributed by atoms with Gasteiger partial charge in [0.15, 0.2) is 0 Å². The highest BCUT2D eigenvalue weighted by Gasteiger charge is 2.32. The number of nitrogen functional groups attached to an aromatic ring is 1. The molecule has 0 radical (unpaired) electrons. The summed E-state index contributed by atoms with van der Waals surface area (Å²) in [6, 6.07) is 8.62. The van der Waals surface area contributed by atoms with Crippen molar-refractivity contribution in [1.82, 2.24) is 10.2 Å². The summed E-state index contributed by atoms with van der Waals surface area (Å²) in [5.74, 6) is 0. The van der Waals surface area contributed by atoms with E-state index in [-0.39, 0.29) is 36.2 Å². The zero-order valence-electron chi connectivity index (χ0n) is 26.0. The van der Waals surface area contributed by atoms with E-state index in [4.69, 9.17) is 76.7 Å². The lowest BCUT2D eigenvalue weighted by Crippen LogP contribution is -2.32. The van der Waals surface area contributed by atoms with Gasteiger partial charge in [-0.15, -0.1) is 0 Å². The van der Waals surface area contributed by atoms with Crippen molar-refractivity contribution >= 4 is 136 Å². The molecule has 49 heavy (non-hydrogen) atoms. The van der Waals surface area contributed by atoms with Crippen LogP contribution in [0.25, 0.3) is 0 Å². The highest BCUT2D eigenvalue weighted by molar-refractivity contribution is 9.10. The van der Waals surface area contributed by atoms with E-state index in [1.807, 2.05) is 0 Å². The number of ether oxygens (including phenoxy) is 2. The molecule has 2 heterocycles. The van der Waals surface area contributed by atoms with Crippen LogP contribution in [0.3, 0.4) is 0 Å². The van der Waals surface area contributed by atoms with Crippen molar-refractivity contribution in [2.24, 2.45) is 0 Å². The highest BCUT2D eigenvalue weighted by Crippen LogP contribution is 2.32. The van der Waals surface area contributed by atoms with Crippen LogP contribution >= 0.6 is 101 Å². The van der Waals surface area contributed by atoms with Crippen molar-refractivity contribution in [3.8, 4) is 0 Å². The summed E-state index contributed by atoms with van der Waals surface area (Å²) in [5.41, 5.74) is 5.57. The van der Waals surface area contributed by atoms with Gasteiger partial charge in [0.1, 0.15) is 11.4 Å². The number of urea groups is 1. The molecule has 2 aliphatic rings. The van der Waals surface area contributed by atoms with Crippen molar-refractivity contribution < 1.29 is 30.3 Å². The summed E-state index contributed by atoms with van der Waals surface area (Å²) < 4.78 is 11.1. The first-order chi connectivity index (χ1) is 22.7. The molecule has 2 aromatic rings. The smallest absolute Gasteiger partial charge is 0.393 e. The molecule has 2 saturated heterocycles. The first kappa shape index (κ1) is 47.2. The fourth-order valence-corrected chi connectivity index (χ4v) is 4.53. The second-order valence-corrected chi connectivity index (χ2v) is 15.0. The van der Waals surface area contributed by atoms with E-state index < -0.39 is 24.0 Å². The number of nitrogens with one attached hydrogen (secondary N) is 2. The second-order valence-electron chi connectivity index (χ2n) is 8.81. The fraction of sp³-hybridized carbons (Fsp3) is 0.481. The topological polar surface area (TPSA) is 192 Å². The van der Waals surface area contributed by atoms with Crippen LogP contribution in [0.4, 0.5) is 32.3 Å².